The van der Waals surface area contributed by atoms with E-state index < -0.39 is 11.6 Å². The molecule has 0 unspecified atom stereocenters. The zero-order chi connectivity index (χ0) is 31.0. The van der Waals surface area contributed by atoms with Gasteiger partial charge in [0.05, 0.1) is 13.2 Å². The monoisotopic (exact) mass is 594 g/mol. The van der Waals surface area contributed by atoms with Gasteiger partial charge in [-0.2, -0.15) is 0 Å². The van der Waals surface area contributed by atoms with E-state index in [0.29, 0.717) is 24.7 Å². The Morgan fingerprint density at radius 1 is 0.488 bits per heavy atom. The van der Waals surface area contributed by atoms with Crippen LogP contribution in [-0.2, 0) is 0 Å². The van der Waals surface area contributed by atoms with Gasteiger partial charge in [0.25, 0.3) is 0 Å². The SMILES string of the molecule is CCCCCCCCCCCCOc1ccc(C(=O)C(=O)c2ccc(O)cc2)cc1OCCCCCCCCCCCC. The summed E-state index contributed by atoms with van der Waals surface area (Å²) in [5.74, 6) is -0.0186. The Bertz CT molecular complexity index is 1010. The summed E-state index contributed by atoms with van der Waals surface area (Å²) in [4.78, 5) is 25.8. The molecule has 5 nitrogen and oxygen atoms in total. The molecular weight excluding hydrogens is 536 g/mol. The molecule has 2 aromatic rings. The number of hydrogen-bond donors (Lipinski definition) is 1. The number of ether oxygens (including phenoxy) is 2. The molecule has 0 amide bonds. The molecule has 0 radical (unpaired) electrons. The summed E-state index contributed by atoms with van der Waals surface area (Å²) >= 11 is 0. The van der Waals surface area contributed by atoms with Crippen molar-refractivity contribution >= 4 is 11.6 Å². The molecule has 240 valence electrons. The van der Waals surface area contributed by atoms with Crippen LogP contribution in [0, 0.1) is 0 Å². The standard InChI is InChI=1S/C38H58O5/c1-3-5-7-9-11-13-15-17-19-21-29-42-35-28-25-33(38(41)37(40)32-23-26-34(39)27-24-32)31-36(35)43-30-22-20-18-16-14-12-10-8-6-4-2/h23-28,31,39H,3-22,29-30H2,1-2H3. The molecule has 0 aromatic heterocycles. The minimum absolute atomic E-state index is 0.0515. The van der Waals surface area contributed by atoms with Crippen molar-refractivity contribution in [3.63, 3.8) is 0 Å². The molecule has 0 atom stereocenters. The molecule has 0 saturated heterocycles. The lowest BCUT2D eigenvalue weighted by Gasteiger charge is -2.14. The zero-order valence-corrected chi connectivity index (χ0v) is 27.2. The van der Waals surface area contributed by atoms with Crippen molar-refractivity contribution in [2.24, 2.45) is 0 Å². The van der Waals surface area contributed by atoms with E-state index >= 15 is 0 Å². The highest BCUT2D eigenvalue weighted by Gasteiger charge is 2.20. The summed E-state index contributed by atoms with van der Waals surface area (Å²) in [6.45, 7) is 5.66. The van der Waals surface area contributed by atoms with Crippen LogP contribution in [0.25, 0.3) is 0 Å². The average Bonchev–Trinajstić information content (AvgIpc) is 3.02. The topological polar surface area (TPSA) is 72.8 Å². The third-order valence-corrected chi connectivity index (χ3v) is 8.05. The first-order chi connectivity index (χ1) is 21.1. The number of unbranched alkanes of at least 4 members (excludes halogenated alkanes) is 18. The second-order valence-corrected chi connectivity index (χ2v) is 11.9. The zero-order valence-electron chi connectivity index (χ0n) is 27.2. The maximum atomic E-state index is 13.0. The number of carbonyl (C=O) groups is 2. The average molecular weight is 595 g/mol. The first kappa shape index (κ1) is 36.4. The Balaban J connectivity index is 1.84. The van der Waals surface area contributed by atoms with Crippen LogP contribution in [0.5, 0.6) is 17.2 Å². The summed E-state index contributed by atoms with van der Waals surface area (Å²) in [5.41, 5.74) is 0.527. The summed E-state index contributed by atoms with van der Waals surface area (Å²) in [5, 5.41) is 9.52. The fourth-order valence-electron chi connectivity index (χ4n) is 5.30. The second-order valence-electron chi connectivity index (χ2n) is 11.9. The highest BCUT2D eigenvalue weighted by Crippen LogP contribution is 2.30. The minimum Gasteiger partial charge on any atom is -0.508 e. The van der Waals surface area contributed by atoms with Crippen LogP contribution in [-0.4, -0.2) is 29.9 Å². The number of phenolic OH excluding ortho intramolecular Hbond substituents is 1. The van der Waals surface area contributed by atoms with E-state index in [9.17, 15) is 14.7 Å². The molecule has 0 saturated carbocycles. The van der Waals surface area contributed by atoms with Crippen LogP contribution >= 0.6 is 0 Å². The largest absolute Gasteiger partial charge is 0.508 e. The van der Waals surface area contributed by atoms with Gasteiger partial charge in [0, 0.05) is 11.1 Å². The van der Waals surface area contributed by atoms with Gasteiger partial charge in [-0.3, -0.25) is 9.59 Å². The number of Topliss-reactive ketones (excluding diaryl/α,β-unsaturated/α-hetero) is 2. The number of ketones is 2. The molecule has 0 bridgehead atoms. The number of benzene rings is 2. The quantitative estimate of drug-likeness (QED) is 0.0633. The second kappa shape index (κ2) is 23.6. The van der Waals surface area contributed by atoms with Gasteiger partial charge in [0.1, 0.15) is 5.75 Å². The molecule has 0 aliphatic rings. The number of aromatic hydroxyl groups is 1. The molecule has 0 spiro atoms. The Hall–Kier alpha value is -2.82. The number of rotatable bonds is 27. The van der Waals surface area contributed by atoms with E-state index in [1.807, 2.05) is 0 Å². The summed E-state index contributed by atoms with van der Waals surface area (Å²) in [6, 6.07) is 10.8. The van der Waals surface area contributed by atoms with E-state index in [1.54, 1.807) is 18.2 Å². The molecule has 43 heavy (non-hydrogen) atoms. The maximum Gasteiger partial charge on any atom is 0.233 e. The lowest BCUT2D eigenvalue weighted by atomic mass is 10.0. The number of hydrogen-bond acceptors (Lipinski definition) is 5. The maximum absolute atomic E-state index is 13.0. The number of phenols is 1. The number of carbonyl (C=O) groups excluding carboxylic acids is 2. The summed E-state index contributed by atoms with van der Waals surface area (Å²) in [7, 11) is 0. The molecule has 5 heteroatoms. The van der Waals surface area contributed by atoms with Crippen molar-refractivity contribution in [3.8, 4) is 17.2 Å². The predicted octanol–water partition coefficient (Wildman–Crippen LogP) is 11.1. The molecule has 2 rings (SSSR count). The molecular formula is C38H58O5. The first-order valence-electron chi connectivity index (χ1n) is 17.3. The highest BCUT2D eigenvalue weighted by atomic mass is 16.5. The van der Waals surface area contributed by atoms with E-state index in [2.05, 4.69) is 13.8 Å². The highest BCUT2D eigenvalue weighted by molar-refractivity contribution is 6.49. The van der Waals surface area contributed by atoms with Crippen LogP contribution in [0.1, 0.15) is 163 Å². The molecule has 0 aliphatic heterocycles. The fourth-order valence-corrected chi connectivity index (χ4v) is 5.30. The van der Waals surface area contributed by atoms with E-state index in [0.717, 1.165) is 25.7 Å². The third kappa shape index (κ3) is 16.0. The lowest BCUT2D eigenvalue weighted by Crippen LogP contribution is -2.15. The van der Waals surface area contributed by atoms with Crippen molar-refractivity contribution in [3.05, 3.63) is 53.6 Å². The summed E-state index contributed by atoms with van der Waals surface area (Å²) in [6.07, 6.45) is 25.2. The molecule has 0 heterocycles. The Labute approximate surface area is 261 Å². The van der Waals surface area contributed by atoms with Crippen LogP contribution in [0.3, 0.4) is 0 Å². The van der Waals surface area contributed by atoms with Crippen molar-refractivity contribution < 1.29 is 24.2 Å². The minimum atomic E-state index is -0.611. The van der Waals surface area contributed by atoms with E-state index in [1.165, 1.54) is 127 Å². The van der Waals surface area contributed by atoms with Gasteiger partial charge in [-0.15, -0.1) is 0 Å². The first-order valence-corrected chi connectivity index (χ1v) is 17.3. The van der Waals surface area contributed by atoms with Crippen molar-refractivity contribution in [1.29, 1.82) is 0 Å². The van der Waals surface area contributed by atoms with Crippen LogP contribution in [0.15, 0.2) is 42.5 Å². The van der Waals surface area contributed by atoms with Crippen LogP contribution in [0.2, 0.25) is 0 Å². The summed E-state index contributed by atoms with van der Waals surface area (Å²) < 4.78 is 12.2. The normalized spacial score (nSPS) is 11.0. The van der Waals surface area contributed by atoms with Crippen molar-refractivity contribution in [2.45, 2.75) is 142 Å². The van der Waals surface area contributed by atoms with E-state index in [4.69, 9.17) is 9.47 Å². The predicted molar refractivity (Wildman–Crippen MR) is 178 cm³/mol. The third-order valence-electron chi connectivity index (χ3n) is 8.05. The van der Waals surface area contributed by atoms with Gasteiger partial charge in [0.15, 0.2) is 11.5 Å². The van der Waals surface area contributed by atoms with Gasteiger partial charge < -0.3 is 14.6 Å². The fraction of sp³-hybridized carbons (Fsp3) is 0.632. The molecule has 2 aromatic carbocycles. The van der Waals surface area contributed by atoms with Crippen LogP contribution < -0.4 is 9.47 Å². The van der Waals surface area contributed by atoms with Gasteiger partial charge in [-0.05, 0) is 55.3 Å². The van der Waals surface area contributed by atoms with Gasteiger partial charge in [0.2, 0.25) is 11.6 Å². The van der Waals surface area contributed by atoms with Crippen molar-refractivity contribution in [1.82, 2.24) is 0 Å². The smallest absolute Gasteiger partial charge is 0.233 e. The van der Waals surface area contributed by atoms with Gasteiger partial charge >= 0.3 is 0 Å². The van der Waals surface area contributed by atoms with Crippen LogP contribution in [0.4, 0.5) is 0 Å². The van der Waals surface area contributed by atoms with Crippen molar-refractivity contribution in [2.75, 3.05) is 13.2 Å². The van der Waals surface area contributed by atoms with Gasteiger partial charge in [-0.25, -0.2) is 0 Å². The molecule has 0 fully saturated rings. The van der Waals surface area contributed by atoms with E-state index in [-0.39, 0.29) is 16.9 Å². The Morgan fingerprint density at radius 2 is 0.860 bits per heavy atom. The Kier molecular flexibility index (Phi) is 20.0. The lowest BCUT2D eigenvalue weighted by molar-refractivity contribution is 0.0816. The van der Waals surface area contributed by atoms with Gasteiger partial charge in [-0.1, -0.05) is 129 Å². The molecule has 1 N–H and O–H groups in total. The molecule has 0 aliphatic carbocycles. The Morgan fingerprint density at radius 3 is 1.33 bits per heavy atom.